The first-order chi connectivity index (χ1) is 9.93. The Balaban J connectivity index is 0.000000235. The first kappa shape index (κ1) is 16.9. The van der Waals surface area contributed by atoms with Crippen molar-refractivity contribution >= 4 is 24.1 Å². The fourth-order valence-electron chi connectivity index (χ4n) is 1.52. The number of nitro benzene ring substituents is 1. The van der Waals surface area contributed by atoms with E-state index < -0.39 is 4.92 Å². The smallest absolute Gasteiger partial charge is 0.269 e. The van der Waals surface area contributed by atoms with Crippen LogP contribution in [-0.2, 0) is 0 Å². The maximum atomic E-state index is 11.1. The largest absolute Gasteiger partial charge is 0.294 e. The first-order valence-electron chi connectivity index (χ1n) is 6.47. The van der Waals surface area contributed by atoms with Crippen LogP contribution >= 0.6 is 12.6 Å². The molecule has 110 valence electrons. The summed E-state index contributed by atoms with van der Waals surface area (Å²) >= 11 is 4.13. The maximum Gasteiger partial charge on any atom is 0.269 e. The number of aryl methyl sites for hydroxylation is 1. The molecule has 0 aliphatic carbocycles. The molecule has 0 unspecified atom stereocenters. The van der Waals surface area contributed by atoms with E-state index in [2.05, 4.69) is 19.6 Å². The number of Topliss-reactive ketones (excluding diaryl/α,β-unsaturated/α-hetero) is 1. The highest BCUT2D eigenvalue weighted by Crippen LogP contribution is 2.12. The lowest BCUT2D eigenvalue weighted by molar-refractivity contribution is -0.384. The summed E-state index contributed by atoms with van der Waals surface area (Å²) in [5.74, 6) is -0.00472. The van der Waals surface area contributed by atoms with Crippen molar-refractivity contribution in [2.45, 2.75) is 25.2 Å². The monoisotopic (exact) mass is 303 g/mol. The van der Waals surface area contributed by atoms with Crippen LogP contribution in [0.25, 0.3) is 0 Å². The summed E-state index contributed by atoms with van der Waals surface area (Å²) in [6.45, 7) is 3.82. The van der Waals surface area contributed by atoms with Crippen molar-refractivity contribution in [1.82, 2.24) is 0 Å². The minimum Gasteiger partial charge on any atom is -0.294 e. The van der Waals surface area contributed by atoms with Gasteiger partial charge in [-0.05, 0) is 31.2 Å². The molecule has 2 aromatic carbocycles. The summed E-state index contributed by atoms with van der Waals surface area (Å²) in [4.78, 5) is 21.9. The molecule has 0 radical (unpaired) electrons. The van der Waals surface area contributed by atoms with Crippen molar-refractivity contribution in [2.24, 2.45) is 0 Å². The van der Waals surface area contributed by atoms with Gasteiger partial charge in [0.1, 0.15) is 0 Å². The number of hydrogen-bond donors (Lipinski definition) is 1. The van der Waals surface area contributed by atoms with Crippen LogP contribution < -0.4 is 0 Å². The molecule has 0 aliphatic heterocycles. The summed E-state index contributed by atoms with van der Waals surface area (Å²) in [6.07, 6.45) is 0.414. The number of ketones is 1. The number of carbonyl (C=O) groups is 1. The highest BCUT2D eigenvalue weighted by Gasteiger charge is 2.06. The zero-order valence-electron chi connectivity index (χ0n) is 11.9. The number of carbonyl (C=O) groups excluding carboxylic acids is 1. The molecule has 0 fully saturated rings. The summed E-state index contributed by atoms with van der Waals surface area (Å²) in [7, 11) is 0. The number of nitro groups is 1. The summed E-state index contributed by atoms with van der Waals surface area (Å²) in [5.41, 5.74) is 1.81. The Labute approximate surface area is 129 Å². The van der Waals surface area contributed by atoms with Crippen LogP contribution in [0.5, 0.6) is 0 Å². The number of benzene rings is 2. The second kappa shape index (κ2) is 8.21. The van der Waals surface area contributed by atoms with Crippen LogP contribution in [0.4, 0.5) is 5.69 Å². The zero-order valence-corrected chi connectivity index (χ0v) is 12.8. The lowest BCUT2D eigenvalue weighted by Gasteiger charge is -1.95. The Kier molecular flexibility index (Phi) is 6.62. The molecule has 0 amide bonds. The van der Waals surface area contributed by atoms with E-state index >= 15 is 0 Å². The molecule has 0 N–H and O–H groups in total. The molecule has 4 nitrogen and oxygen atoms in total. The van der Waals surface area contributed by atoms with Crippen LogP contribution in [0.15, 0.2) is 53.4 Å². The Morgan fingerprint density at radius 3 is 2.00 bits per heavy atom. The molecule has 0 saturated carbocycles. The maximum absolute atomic E-state index is 11.1. The van der Waals surface area contributed by atoms with Crippen LogP contribution in [0, 0.1) is 17.0 Å². The lowest BCUT2D eigenvalue weighted by Crippen LogP contribution is -1.96. The van der Waals surface area contributed by atoms with Crippen molar-refractivity contribution in [3.05, 3.63) is 69.8 Å². The number of thiol groups is 1. The molecule has 0 bridgehead atoms. The average Bonchev–Trinajstić information content (AvgIpc) is 2.50. The molecule has 21 heavy (non-hydrogen) atoms. The van der Waals surface area contributed by atoms with E-state index in [1.54, 1.807) is 6.92 Å². The van der Waals surface area contributed by atoms with Crippen LogP contribution in [0.2, 0.25) is 0 Å². The van der Waals surface area contributed by atoms with E-state index in [9.17, 15) is 14.9 Å². The SMILES string of the molecule is CCC(=O)c1ccc([N+](=O)[O-])cc1.Cc1ccc(S)cc1. The quantitative estimate of drug-likeness (QED) is 0.394. The molecule has 2 rings (SSSR count). The molecular weight excluding hydrogens is 286 g/mol. The fraction of sp³-hybridized carbons (Fsp3) is 0.188. The summed E-state index contributed by atoms with van der Waals surface area (Å²) < 4.78 is 0. The molecule has 0 saturated heterocycles. The minimum absolute atomic E-state index is 0.00472. The van der Waals surface area contributed by atoms with Gasteiger partial charge in [0, 0.05) is 29.0 Å². The van der Waals surface area contributed by atoms with Crippen molar-refractivity contribution in [3.8, 4) is 0 Å². The molecule has 0 heterocycles. The average molecular weight is 303 g/mol. The van der Waals surface area contributed by atoms with Gasteiger partial charge in [-0.15, -0.1) is 12.6 Å². The predicted octanol–water partition coefficient (Wildman–Crippen LogP) is 4.47. The van der Waals surface area contributed by atoms with Crippen LogP contribution in [0.3, 0.4) is 0 Å². The highest BCUT2D eigenvalue weighted by molar-refractivity contribution is 7.80. The summed E-state index contributed by atoms with van der Waals surface area (Å²) in [6, 6.07) is 13.7. The Morgan fingerprint density at radius 2 is 1.62 bits per heavy atom. The number of nitrogens with zero attached hydrogens (tertiary/aromatic N) is 1. The van der Waals surface area contributed by atoms with Crippen LogP contribution in [-0.4, -0.2) is 10.7 Å². The van der Waals surface area contributed by atoms with Gasteiger partial charge >= 0.3 is 0 Å². The topological polar surface area (TPSA) is 60.2 Å². The van der Waals surface area contributed by atoms with Crippen molar-refractivity contribution in [1.29, 1.82) is 0 Å². The van der Waals surface area contributed by atoms with Gasteiger partial charge in [0.15, 0.2) is 5.78 Å². The zero-order chi connectivity index (χ0) is 15.8. The predicted molar refractivity (Wildman–Crippen MR) is 86.1 cm³/mol. The van der Waals surface area contributed by atoms with Gasteiger partial charge in [-0.2, -0.15) is 0 Å². The molecule has 0 aliphatic rings. The van der Waals surface area contributed by atoms with Crippen molar-refractivity contribution in [3.63, 3.8) is 0 Å². The third kappa shape index (κ3) is 5.79. The van der Waals surface area contributed by atoms with Gasteiger partial charge < -0.3 is 0 Å². The first-order valence-corrected chi connectivity index (χ1v) is 6.92. The van der Waals surface area contributed by atoms with Crippen molar-refractivity contribution in [2.75, 3.05) is 0 Å². The third-order valence-electron chi connectivity index (χ3n) is 2.76. The number of rotatable bonds is 3. The second-order valence-corrected chi connectivity index (χ2v) is 4.93. The number of non-ortho nitro benzene ring substituents is 1. The Bertz CT molecular complexity index is 585. The van der Waals surface area contributed by atoms with E-state index in [0.717, 1.165) is 4.90 Å². The second-order valence-electron chi connectivity index (χ2n) is 4.42. The molecule has 0 aromatic heterocycles. The van der Waals surface area contributed by atoms with Gasteiger partial charge in [-0.25, -0.2) is 0 Å². The molecule has 0 spiro atoms. The van der Waals surface area contributed by atoms with Gasteiger partial charge in [0.25, 0.3) is 5.69 Å². The number of hydrogen-bond acceptors (Lipinski definition) is 4. The summed E-state index contributed by atoms with van der Waals surface area (Å²) in [5, 5.41) is 10.3. The standard InChI is InChI=1S/C9H9NO3.C7H8S/c1-2-9(11)7-3-5-8(6-4-7)10(12)13;1-6-2-4-7(8)5-3-6/h3-6H,2H2,1H3;2-5,8H,1H3. The van der Waals surface area contributed by atoms with Gasteiger partial charge in [-0.1, -0.05) is 24.6 Å². The van der Waals surface area contributed by atoms with Gasteiger partial charge in [-0.3, -0.25) is 14.9 Å². The van der Waals surface area contributed by atoms with Gasteiger partial charge in [0.2, 0.25) is 0 Å². The van der Waals surface area contributed by atoms with E-state index in [-0.39, 0.29) is 11.5 Å². The van der Waals surface area contributed by atoms with Crippen LogP contribution in [0.1, 0.15) is 29.3 Å². The Hall–Kier alpha value is -2.14. The van der Waals surface area contributed by atoms with E-state index in [1.807, 2.05) is 24.3 Å². The Morgan fingerprint density at radius 1 is 1.10 bits per heavy atom. The van der Waals surface area contributed by atoms with E-state index in [4.69, 9.17) is 0 Å². The molecule has 2 aromatic rings. The third-order valence-corrected chi connectivity index (χ3v) is 3.05. The normalized spacial score (nSPS) is 9.48. The van der Waals surface area contributed by atoms with Crippen molar-refractivity contribution < 1.29 is 9.72 Å². The molecule has 0 atom stereocenters. The molecule has 5 heteroatoms. The van der Waals surface area contributed by atoms with E-state index in [0.29, 0.717) is 12.0 Å². The molecular formula is C16H17NO3S. The minimum atomic E-state index is -0.486. The fourth-order valence-corrected chi connectivity index (χ4v) is 1.67. The lowest BCUT2D eigenvalue weighted by atomic mass is 10.1. The van der Waals surface area contributed by atoms with E-state index in [1.165, 1.54) is 29.8 Å². The van der Waals surface area contributed by atoms with Gasteiger partial charge in [0.05, 0.1) is 4.92 Å². The highest BCUT2D eigenvalue weighted by atomic mass is 32.1.